The number of carbonyl (C=O) groups excluding carboxylic acids is 1. The number of aliphatic hydroxyl groups excluding tert-OH is 1. The molecule has 0 aliphatic carbocycles. The summed E-state index contributed by atoms with van der Waals surface area (Å²) in [5.41, 5.74) is 1.05. The highest BCUT2D eigenvalue weighted by Crippen LogP contribution is 2.28. The molecule has 0 aromatic heterocycles. The number of amides is 1. The Balaban J connectivity index is 1.89. The van der Waals surface area contributed by atoms with Gasteiger partial charge in [-0.1, -0.05) is 41.4 Å². The molecule has 1 amide bonds. The molecule has 0 aliphatic heterocycles. The molecule has 0 unspecified atom stereocenters. The summed E-state index contributed by atoms with van der Waals surface area (Å²) in [6.45, 7) is 0.742. The van der Waals surface area contributed by atoms with Crippen molar-refractivity contribution < 1.29 is 14.6 Å². The van der Waals surface area contributed by atoms with E-state index in [1.165, 1.54) is 0 Å². The molecule has 0 spiro atoms. The fourth-order valence-electron chi connectivity index (χ4n) is 2.03. The summed E-state index contributed by atoms with van der Waals surface area (Å²) in [6.07, 6.45) is 0.663. The van der Waals surface area contributed by atoms with Crippen LogP contribution < -0.4 is 5.32 Å². The Kier molecular flexibility index (Phi) is 6.31. The fraction of sp³-hybridized carbons (Fsp3) is 0.312. The van der Waals surface area contributed by atoms with Crippen LogP contribution in [0.25, 0.3) is 10.8 Å². The highest BCUT2D eigenvalue weighted by atomic mass is 35.5. The second kappa shape index (κ2) is 8.22. The third-order valence-corrected chi connectivity index (χ3v) is 3.89. The van der Waals surface area contributed by atoms with E-state index < -0.39 is 6.09 Å². The Morgan fingerprint density at radius 1 is 1.14 bits per heavy atom. The average molecular weight is 342 g/mol. The third-order valence-electron chi connectivity index (χ3n) is 3.17. The lowest BCUT2D eigenvalue weighted by Gasteiger charge is -2.08. The van der Waals surface area contributed by atoms with E-state index >= 15 is 0 Å². The summed E-state index contributed by atoms with van der Waals surface area (Å²) in [5.74, 6) is 0. The quantitative estimate of drug-likeness (QED) is 0.785. The van der Waals surface area contributed by atoms with Crippen molar-refractivity contribution in [3.05, 3.63) is 45.9 Å². The molecule has 0 saturated heterocycles. The van der Waals surface area contributed by atoms with Gasteiger partial charge in [-0.05, 0) is 34.9 Å². The number of fused-ring (bicyclic) bond motifs is 1. The van der Waals surface area contributed by atoms with Gasteiger partial charge in [-0.15, -0.1) is 0 Å². The molecular weight excluding hydrogens is 325 g/mol. The van der Waals surface area contributed by atoms with Gasteiger partial charge in [0.1, 0.15) is 0 Å². The normalized spacial score (nSPS) is 10.7. The SMILES string of the molecule is O=C(NCCCO)OCCc1ccc2cc(Cl)c(Cl)cc2c1. The molecule has 0 atom stereocenters. The van der Waals surface area contributed by atoms with E-state index in [2.05, 4.69) is 5.32 Å². The summed E-state index contributed by atoms with van der Waals surface area (Å²) in [4.78, 5) is 11.4. The summed E-state index contributed by atoms with van der Waals surface area (Å²) in [5, 5.41) is 14.2. The van der Waals surface area contributed by atoms with Crippen LogP contribution in [0.2, 0.25) is 10.0 Å². The number of ether oxygens (including phenoxy) is 1. The molecule has 0 fully saturated rings. The number of halogens is 2. The van der Waals surface area contributed by atoms with Crippen molar-refractivity contribution in [2.24, 2.45) is 0 Å². The molecule has 0 bridgehead atoms. The van der Waals surface area contributed by atoms with E-state index in [-0.39, 0.29) is 13.2 Å². The lowest BCUT2D eigenvalue weighted by molar-refractivity contribution is 0.146. The predicted molar refractivity (Wildman–Crippen MR) is 88.7 cm³/mol. The number of carbonyl (C=O) groups is 1. The highest BCUT2D eigenvalue weighted by Gasteiger charge is 2.04. The van der Waals surface area contributed by atoms with Crippen LogP contribution >= 0.6 is 23.2 Å². The van der Waals surface area contributed by atoms with Crippen LogP contribution in [-0.2, 0) is 11.2 Å². The van der Waals surface area contributed by atoms with E-state index in [0.29, 0.717) is 29.4 Å². The van der Waals surface area contributed by atoms with E-state index in [1.807, 2.05) is 30.3 Å². The maximum Gasteiger partial charge on any atom is 0.407 e. The number of nitrogens with one attached hydrogen (secondary N) is 1. The van der Waals surface area contributed by atoms with Crippen LogP contribution in [0.1, 0.15) is 12.0 Å². The zero-order valence-electron chi connectivity index (χ0n) is 11.9. The third kappa shape index (κ3) is 4.77. The summed E-state index contributed by atoms with van der Waals surface area (Å²) >= 11 is 12.0. The maximum atomic E-state index is 11.4. The first-order chi connectivity index (χ1) is 10.6. The van der Waals surface area contributed by atoms with Crippen molar-refractivity contribution in [2.75, 3.05) is 19.8 Å². The highest BCUT2D eigenvalue weighted by molar-refractivity contribution is 6.42. The van der Waals surface area contributed by atoms with Gasteiger partial charge >= 0.3 is 6.09 Å². The standard InChI is InChI=1S/C16H17Cl2NO3/c17-14-9-12-3-2-11(8-13(12)10-15(14)18)4-7-22-16(21)19-5-1-6-20/h2-3,8-10,20H,1,4-7H2,(H,19,21). The predicted octanol–water partition coefficient (Wildman–Crippen LogP) is 3.80. The molecule has 0 saturated carbocycles. The Morgan fingerprint density at radius 3 is 2.59 bits per heavy atom. The maximum absolute atomic E-state index is 11.4. The largest absolute Gasteiger partial charge is 0.449 e. The van der Waals surface area contributed by atoms with Crippen molar-refractivity contribution in [2.45, 2.75) is 12.8 Å². The summed E-state index contributed by atoms with van der Waals surface area (Å²) in [6, 6.07) is 9.59. The van der Waals surface area contributed by atoms with Crippen molar-refractivity contribution >= 4 is 40.1 Å². The first-order valence-electron chi connectivity index (χ1n) is 6.99. The van der Waals surface area contributed by atoms with Crippen molar-refractivity contribution in [3.63, 3.8) is 0 Å². The number of alkyl carbamates (subject to hydrolysis) is 1. The topological polar surface area (TPSA) is 58.6 Å². The Labute approximate surface area is 139 Å². The molecule has 6 heteroatoms. The molecule has 118 valence electrons. The second-order valence-electron chi connectivity index (χ2n) is 4.84. The van der Waals surface area contributed by atoms with Crippen LogP contribution in [0.5, 0.6) is 0 Å². The van der Waals surface area contributed by atoms with Gasteiger partial charge in [0.05, 0.1) is 16.7 Å². The molecular formula is C16H17Cl2NO3. The number of hydrogen-bond donors (Lipinski definition) is 2. The smallest absolute Gasteiger partial charge is 0.407 e. The van der Waals surface area contributed by atoms with E-state index in [0.717, 1.165) is 16.3 Å². The van der Waals surface area contributed by atoms with Crippen molar-refractivity contribution in [1.29, 1.82) is 0 Å². The van der Waals surface area contributed by atoms with Crippen LogP contribution in [0.15, 0.2) is 30.3 Å². The van der Waals surface area contributed by atoms with Crippen LogP contribution in [0.4, 0.5) is 4.79 Å². The zero-order valence-corrected chi connectivity index (χ0v) is 13.5. The lowest BCUT2D eigenvalue weighted by Crippen LogP contribution is -2.26. The number of rotatable bonds is 6. The van der Waals surface area contributed by atoms with Crippen molar-refractivity contribution in [1.82, 2.24) is 5.32 Å². The number of hydrogen-bond acceptors (Lipinski definition) is 3. The molecule has 0 aliphatic rings. The molecule has 2 rings (SSSR count). The van der Waals surface area contributed by atoms with E-state index in [4.69, 9.17) is 33.0 Å². The monoisotopic (exact) mass is 341 g/mol. The molecule has 2 N–H and O–H groups in total. The summed E-state index contributed by atoms with van der Waals surface area (Å²) in [7, 11) is 0. The average Bonchev–Trinajstić information content (AvgIpc) is 2.49. The molecule has 2 aromatic rings. The minimum atomic E-state index is -0.468. The number of benzene rings is 2. The fourth-order valence-corrected chi connectivity index (χ4v) is 2.37. The zero-order chi connectivity index (χ0) is 15.9. The first kappa shape index (κ1) is 16.9. The number of aliphatic hydroxyl groups is 1. The van der Waals surface area contributed by atoms with Gasteiger partial charge in [-0.25, -0.2) is 4.79 Å². The van der Waals surface area contributed by atoms with Gasteiger partial charge in [-0.2, -0.15) is 0 Å². The molecule has 0 heterocycles. The van der Waals surface area contributed by atoms with Gasteiger partial charge in [0.2, 0.25) is 0 Å². The van der Waals surface area contributed by atoms with Crippen LogP contribution in [0.3, 0.4) is 0 Å². The van der Waals surface area contributed by atoms with Gasteiger partial charge in [-0.3, -0.25) is 0 Å². The molecule has 4 nitrogen and oxygen atoms in total. The minimum Gasteiger partial charge on any atom is -0.449 e. The van der Waals surface area contributed by atoms with Crippen molar-refractivity contribution in [3.8, 4) is 0 Å². The Morgan fingerprint density at radius 2 is 1.86 bits per heavy atom. The minimum absolute atomic E-state index is 0.0456. The molecule has 22 heavy (non-hydrogen) atoms. The molecule has 0 radical (unpaired) electrons. The van der Waals surface area contributed by atoms with E-state index in [1.54, 1.807) is 0 Å². The first-order valence-corrected chi connectivity index (χ1v) is 7.75. The second-order valence-corrected chi connectivity index (χ2v) is 5.65. The van der Waals surface area contributed by atoms with E-state index in [9.17, 15) is 4.79 Å². The van der Waals surface area contributed by atoms with Gasteiger partial charge < -0.3 is 15.2 Å². The Hall–Kier alpha value is -1.49. The lowest BCUT2D eigenvalue weighted by atomic mass is 10.1. The molecule has 2 aromatic carbocycles. The van der Waals surface area contributed by atoms with Crippen LogP contribution in [0, 0.1) is 0 Å². The van der Waals surface area contributed by atoms with Crippen LogP contribution in [-0.4, -0.2) is 31.0 Å². The van der Waals surface area contributed by atoms with Gasteiger partial charge in [0, 0.05) is 19.6 Å². The summed E-state index contributed by atoms with van der Waals surface area (Å²) < 4.78 is 5.07. The van der Waals surface area contributed by atoms with Gasteiger partial charge in [0.15, 0.2) is 0 Å². The van der Waals surface area contributed by atoms with Gasteiger partial charge in [0.25, 0.3) is 0 Å². The Bertz CT molecular complexity index is 661.